The molecule has 10 heteroatoms. The van der Waals surface area contributed by atoms with E-state index in [0.29, 0.717) is 0 Å². The number of hydrogen-bond acceptors (Lipinski definition) is 6. The number of hydrogen-bond donors (Lipinski definition) is 4. The number of amides is 2. The number of carbonyl (C=O) groups excluding carboxylic acids is 2. The highest BCUT2D eigenvalue weighted by atomic mass is 16.5. The van der Waals surface area contributed by atoms with Crippen molar-refractivity contribution < 1.29 is 29.3 Å². The van der Waals surface area contributed by atoms with Gasteiger partial charge in [0.1, 0.15) is 18.5 Å². The highest BCUT2D eigenvalue weighted by Gasteiger charge is 2.29. The molecule has 0 saturated carbocycles. The monoisotopic (exact) mass is 464 g/mol. The van der Waals surface area contributed by atoms with Gasteiger partial charge in [0.05, 0.1) is 0 Å². The Hall–Kier alpha value is -4.18. The Balaban J connectivity index is 1.40. The fraction of sp³-hybridized carbons (Fsp3) is 0.250. The summed E-state index contributed by atoms with van der Waals surface area (Å²) in [5.41, 5.74) is 4.34. The molecule has 4 N–H and O–H groups in total. The van der Waals surface area contributed by atoms with Crippen LogP contribution >= 0.6 is 0 Å². The van der Waals surface area contributed by atoms with Crippen molar-refractivity contribution in [2.45, 2.75) is 18.4 Å². The van der Waals surface area contributed by atoms with E-state index in [1.165, 1.54) is 17.8 Å². The van der Waals surface area contributed by atoms with E-state index in [1.54, 1.807) is 0 Å². The van der Waals surface area contributed by atoms with Crippen LogP contribution in [0.3, 0.4) is 0 Å². The number of aliphatic hydroxyl groups excluding tert-OH is 1. The van der Waals surface area contributed by atoms with Crippen LogP contribution in [0.1, 0.15) is 34.0 Å². The molecule has 1 aliphatic carbocycles. The fourth-order valence-corrected chi connectivity index (χ4v) is 4.05. The minimum absolute atomic E-state index is 0.0827. The fourth-order valence-electron chi connectivity index (χ4n) is 4.05. The molecule has 2 amide bonds. The summed E-state index contributed by atoms with van der Waals surface area (Å²) in [6.45, 7) is -0.263. The molecule has 0 saturated heterocycles. The van der Waals surface area contributed by atoms with Gasteiger partial charge in [-0.25, -0.2) is 9.59 Å². The summed E-state index contributed by atoms with van der Waals surface area (Å²) in [6.07, 6.45) is -0.848. The van der Waals surface area contributed by atoms with Crippen LogP contribution in [0.4, 0.5) is 10.6 Å². The number of carboxylic acids is 1. The van der Waals surface area contributed by atoms with Crippen LogP contribution in [0.2, 0.25) is 0 Å². The van der Waals surface area contributed by atoms with Gasteiger partial charge in [-0.2, -0.15) is 5.10 Å². The number of carboxylic acid groups (broad SMARTS) is 1. The minimum atomic E-state index is -1.27. The zero-order valence-corrected chi connectivity index (χ0v) is 18.4. The number of aliphatic hydroxyl groups is 1. The average molecular weight is 464 g/mol. The molecule has 34 heavy (non-hydrogen) atoms. The SMILES string of the molecule is Cn1nc(C(=O)NC(CCO)C(=O)O)cc1NC(=O)OCC1c2ccccc2-c2ccccc21. The average Bonchev–Trinajstić information content (AvgIpc) is 3.35. The van der Waals surface area contributed by atoms with E-state index in [0.717, 1.165) is 22.3 Å². The number of aromatic nitrogens is 2. The van der Waals surface area contributed by atoms with E-state index in [-0.39, 0.29) is 30.5 Å². The van der Waals surface area contributed by atoms with Gasteiger partial charge < -0.3 is 20.3 Å². The number of nitrogens with zero attached hydrogens (tertiary/aromatic N) is 2. The third-order valence-electron chi connectivity index (χ3n) is 5.71. The molecule has 1 aliphatic rings. The number of nitrogens with one attached hydrogen (secondary N) is 2. The van der Waals surface area contributed by atoms with Crippen LogP contribution in [0, 0.1) is 0 Å². The molecule has 4 rings (SSSR count). The van der Waals surface area contributed by atoms with Crippen molar-refractivity contribution in [3.63, 3.8) is 0 Å². The number of anilines is 1. The van der Waals surface area contributed by atoms with Gasteiger partial charge in [-0.1, -0.05) is 48.5 Å². The Bertz CT molecular complexity index is 1190. The summed E-state index contributed by atoms with van der Waals surface area (Å²) >= 11 is 0. The zero-order valence-electron chi connectivity index (χ0n) is 18.4. The third-order valence-corrected chi connectivity index (χ3v) is 5.71. The molecule has 0 bridgehead atoms. The van der Waals surface area contributed by atoms with Crippen LogP contribution in [0.15, 0.2) is 54.6 Å². The zero-order chi connectivity index (χ0) is 24.2. The lowest BCUT2D eigenvalue weighted by molar-refractivity contribution is -0.139. The predicted molar refractivity (Wildman–Crippen MR) is 122 cm³/mol. The van der Waals surface area contributed by atoms with Gasteiger partial charge in [0, 0.05) is 32.1 Å². The van der Waals surface area contributed by atoms with Gasteiger partial charge >= 0.3 is 12.1 Å². The Morgan fingerprint density at radius 1 is 1.09 bits per heavy atom. The molecular weight excluding hydrogens is 440 g/mol. The lowest BCUT2D eigenvalue weighted by atomic mass is 9.98. The molecule has 10 nitrogen and oxygen atoms in total. The number of benzene rings is 2. The highest BCUT2D eigenvalue weighted by molar-refractivity contribution is 5.96. The van der Waals surface area contributed by atoms with Crippen LogP contribution in [0.25, 0.3) is 11.1 Å². The van der Waals surface area contributed by atoms with Gasteiger partial charge in [-0.05, 0) is 22.3 Å². The molecule has 2 aromatic carbocycles. The minimum Gasteiger partial charge on any atom is -0.480 e. The highest BCUT2D eigenvalue weighted by Crippen LogP contribution is 2.44. The molecule has 3 aromatic rings. The van der Waals surface area contributed by atoms with Crippen molar-refractivity contribution in [2.24, 2.45) is 7.05 Å². The van der Waals surface area contributed by atoms with Crippen molar-refractivity contribution in [1.82, 2.24) is 15.1 Å². The number of ether oxygens (including phenoxy) is 1. The molecule has 0 spiro atoms. The van der Waals surface area contributed by atoms with Crippen molar-refractivity contribution in [3.8, 4) is 11.1 Å². The van der Waals surface area contributed by atoms with E-state index in [9.17, 15) is 14.4 Å². The van der Waals surface area contributed by atoms with Gasteiger partial charge in [-0.15, -0.1) is 0 Å². The van der Waals surface area contributed by atoms with Crippen LogP contribution in [0.5, 0.6) is 0 Å². The standard InChI is InChI=1S/C24H24N4O6/c1-28-21(12-20(27-28)22(30)25-19(10-11-29)23(31)32)26-24(33)34-13-18-16-8-4-2-6-14(16)15-7-3-5-9-17(15)18/h2-9,12,18-19,29H,10-11,13H2,1H3,(H,25,30)(H,26,33)(H,31,32). The summed E-state index contributed by atoms with van der Waals surface area (Å²) in [4.78, 5) is 36.0. The van der Waals surface area contributed by atoms with Gasteiger partial charge in [0.25, 0.3) is 5.91 Å². The summed E-state index contributed by atoms with van der Waals surface area (Å²) in [5.74, 6) is -1.89. The lowest BCUT2D eigenvalue weighted by Crippen LogP contribution is -2.41. The normalized spacial score (nSPS) is 13.0. The van der Waals surface area contributed by atoms with Crippen LogP contribution in [-0.2, 0) is 16.6 Å². The number of carbonyl (C=O) groups is 3. The van der Waals surface area contributed by atoms with E-state index in [1.807, 2.05) is 48.5 Å². The number of aliphatic carboxylic acids is 1. The van der Waals surface area contributed by atoms with Gasteiger partial charge in [0.15, 0.2) is 5.69 Å². The maximum Gasteiger partial charge on any atom is 0.412 e. The van der Waals surface area contributed by atoms with Crippen molar-refractivity contribution in [1.29, 1.82) is 0 Å². The molecule has 0 aliphatic heterocycles. The van der Waals surface area contributed by atoms with E-state index in [4.69, 9.17) is 14.9 Å². The second kappa shape index (κ2) is 9.75. The van der Waals surface area contributed by atoms with Gasteiger partial charge in [0.2, 0.25) is 0 Å². The topological polar surface area (TPSA) is 143 Å². The van der Waals surface area contributed by atoms with Crippen LogP contribution < -0.4 is 10.6 Å². The summed E-state index contributed by atoms with van der Waals surface area (Å²) < 4.78 is 6.78. The molecule has 1 atom stereocenters. The number of rotatable bonds is 8. The Kier molecular flexibility index (Phi) is 6.60. The largest absolute Gasteiger partial charge is 0.480 e. The van der Waals surface area contributed by atoms with Crippen LogP contribution in [-0.4, -0.2) is 57.2 Å². The van der Waals surface area contributed by atoms with Crippen molar-refractivity contribution in [3.05, 3.63) is 71.4 Å². The second-order valence-electron chi connectivity index (χ2n) is 7.87. The van der Waals surface area contributed by atoms with Crippen molar-refractivity contribution >= 4 is 23.8 Å². The summed E-state index contributed by atoms with van der Waals surface area (Å²) in [5, 5.41) is 26.9. The first-order valence-corrected chi connectivity index (χ1v) is 10.7. The summed E-state index contributed by atoms with van der Waals surface area (Å²) in [7, 11) is 1.53. The smallest absolute Gasteiger partial charge is 0.412 e. The van der Waals surface area contributed by atoms with E-state index >= 15 is 0 Å². The number of aryl methyl sites for hydroxylation is 1. The molecule has 176 valence electrons. The molecular formula is C24H24N4O6. The first kappa shape index (κ1) is 23.0. The molecule has 1 unspecified atom stereocenters. The first-order valence-electron chi connectivity index (χ1n) is 10.7. The second-order valence-corrected chi connectivity index (χ2v) is 7.87. The quantitative estimate of drug-likeness (QED) is 0.401. The third kappa shape index (κ3) is 4.62. The first-order chi connectivity index (χ1) is 16.4. The maximum atomic E-state index is 12.5. The number of fused-ring (bicyclic) bond motifs is 3. The van der Waals surface area contributed by atoms with Crippen molar-refractivity contribution in [2.75, 3.05) is 18.5 Å². The maximum absolute atomic E-state index is 12.5. The Morgan fingerprint density at radius 3 is 2.29 bits per heavy atom. The molecule has 0 fully saturated rings. The summed E-state index contributed by atoms with van der Waals surface area (Å²) in [6, 6.07) is 16.1. The predicted octanol–water partition coefficient (Wildman–Crippen LogP) is 2.35. The van der Waals surface area contributed by atoms with E-state index in [2.05, 4.69) is 15.7 Å². The lowest BCUT2D eigenvalue weighted by Gasteiger charge is -2.14. The molecule has 0 radical (unpaired) electrons. The van der Waals surface area contributed by atoms with E-state index < -0.39 is 30.6 Å². The molecule has 1 aromatic heterocycles. The molecule has 1 heterocycles. The Morgan fingerprint density at radius 2 is 1.71 bits per heavy atom. The Labute approximate surface area is 195 Å². The van der Waals surface area contributed by atoms with Gasteiger partial charge in [-0.3, -0.25) is 14.8 Å².